The average molecular weight is 367 g/mol. The third-order valence-corrected chi connectivity index (χ3v) is 3.56. The lowest BCUT2D eigenvalue weighted by Gasteiger charge is -2.11. The molecule has 90 valence electrons. The van der Waals surface area contributed by atoms with Crippen molar-refractivity contribution in [3.63, 3.8) is 0 Å². The van der Waals surface area contributed by atoms with Crippen LogP contribution in [0, 0.1) is 11.3 Å². The van der Waals surface area contributed by atoms with Crippen LogP contribution in [0.25, 0.3) is 0 Å². The number of nitrogens with two attached hydrogens (primary N) is 1. The number of nitrogen functional groups attached to an aromatic ring is 1. The summed E-state index contributed by atoms with van der Waals surface area (Å²) in [6.07, 6.45) is 0. The zero-order valence-electron chi connectivity index (χ0n) is 9.24. The molecule has 0 aliphatic heterocycles. The number of anilines is 3. The lowest BCUT2D eigenvalue weighted by molar-refractivity contribution is 1.46. The quantitative estimate of drug-likeness (QED) is 0.774. The van der Waals surface area contributed by atoms with E-state index in [4.69, 9.17) is 11.0 Å². The molecule has 0 atom stereocenters. The van der Waals surface area contributed by atoms with Crippen molar-refractivity contribution in [2.24, 2.45) is 0 Å². The average Bonchev–Trinajstić information content (AvgIpc) is 2.36. The SMILES string of the molecule is N#Cc1ccc(N)c(Nc2cc(Br)ccc2Br)c1. The zero-order chi connectivity index (χ0) is 13.1. The highest BCUT2D eigenvalue weighted by molar-refractivity contribution is 9.11. The first kappa shape index (κ1) is 12.9. The molecule has 0 aliphatic rings. The molecule has 2 rings (SSSR count). The Kier molecular flexibility index (Phi) is 3.90. The van der Waals surface area contributed by atoms with Crippen molar-refractivity contribution in [2.45, 2.75) is 0 Å². The van der Waals surface area contributed by atoms with E-state index < -0.39 is 0 Å². The van der Waals surface area contributed by atoms with Crippen LogP contribution < -0.4 is 11.1 Å². The van der Waals surface area contributed by atoms with E-state index >= 15 is 0 Å². The van der Waals surface area contributed by atoms with E-state index in [1.54, 1.807) is 18.2 Å². The molecule has 0 fully saturated rings. The summed E-state index contributed by atoms with van der Waals surface area (Å²) in [6.45, 7) is 0. The molecule has 3 N–H and O–H groups in total. The van der Waals surface area contributed by atoms with Gasteiger partial charge in [-0.1, -0.05) is 15.9 Å². The van der Waals surface area contributed by atoms with Gasteiger partial charge in [-0.25, -0.2) is 0 Å². The fraction of sp³-hybridized carbons (Fsp3) is 0. The third-order valence-electron chi connectivity index (χ3n) is 2.38. The molecule has 18 heavy (non-hydrogen) atoms. The van der Waals surface area contributed by atoms with Crippen LogP contribution in [0.15, 0.2) is 45.3 Å². The van der Waals surface area contributed by atoms with Gasteiger partial charge in [0, 0.05) is 8.95 Å². The van der Waals surface area contributed by atoms with Crippen LogP contribution in [0.4, 0.5) is 17.1 Å². The fourth-order valence-corrected chi connectivity index (χ4v) is 2.18. The molecule has 2 aromatic carbocycles. The normalized spacial score (nSPS) is 9.83. The van der Waals surface area contributed by atoms with Crippen molar-refractivity contribution >= 4 is 48.9 Å². The van der Waals surface area contributed by atoms with E-state index in [0.29, 0.717) is 16.9 Å². The summed E-state index contributed by atoms with van der Waals surface area (Å²) < 4.78 is 1.88. The molecule has 0 saturated carbocycles. The van der Waals surface area contributed by atoms with E-state index in [1.807, 2.05) is 18.2 Å². The molecule has 3 nitrogen and oxygen atoms in total. The summed E-state index contributed by atoms with van der Waals surface area (Å²) in [4.78, 5) is 0. The topological polar surface area (TPSA) is 61.8 Å². The minimum Gasteiger partial charge on any atom is -0.397 e. The molecule has 0 aromatic heterocycles. The predicted molar refractivity (Wildman–Crippen MR) is 80.7 cm³/mol. The van der Waals surface area contributed by atoms with Gasteiger partial charge in [-0.2, -0.15) is 5.26 Å². The van der Waals surface area contributed by atoms with Crippen LogP contribution in [0.3, 0.4) is 0 Å². The highest BCUT2D eigenvalue weighted by atomic mass is 79.9. The second-order valence-electron chi connectivity index (χ2n) is 3.66. The Hall–Kier alpha value is -1.51. The van der Waals surface area contributed by atoms with Gasteiger partial charge in [-0.3, -0.25) is 0 Å². The number of nitrogens with zero attached hydrogens (tertiary/aromatic N) is 1. The first-order chi connectivity index (χ1) is 8.60. The van der Waals surface area contributed by atoms with Crippen LogP contribution >= 0.6 is 31.9 Å². The number of hydrogen-bond acceptors (Lipinski definition) is 3. The van der Waals surface area contributed by atoms with Crippen molar-refractivity contribution in [1.29, 1.82) is 5.26 Å². The largest absolute Gasteiger partial charge is 0.397 e. The molecule has 0 radical (unpaired) electrons. The molecule has 0 saturated heterocycles. The monoisotopic (exact) mass is 365 g/mol. The Morgan fingerprint density at radius 1 is 1.06 bits per heavy atom. The van der Waals surface area contributed by atoms with Crippen molar-refractivity contribution in [3.8, 4) is 6.07 Å². The minimum absolute atomic E-state index is 0.567. The summed E-state index contributed by atoms with van der Waals surface area (Å²) in [5, 5.41) is 12.1. The number of nitriles is 1. The molecule has 0 heterocycles. The van der Waals surface area contributed by atoms with E-state index in [9.17, 15) is 0 Å². The van der Waals surface area contributed by atoms with Gasteiger partial charge in [0.05, 0.1) is 28.7 Å². The van der Waals surface area contributed by atoms with Gasteiger partial charge in [-0.05, 0) is 52.3 Å². The van der Waals surface area contributed by atoms with Gasteiger partial charge in [0.25, 0.3) is 0 Å². The number of benzene rings is 2. The first-order valence-corrected chi connectivity index (χ1v) is 6.70. The van der Waals surface area contributed by atoms with E-state index in [-0.39, 0.29) is 0 Å². The zero-order valence-corrected chi connectivity index (χ0v) is 12.4. The fourth-order valence-electron chi connectivity index (χ4n) is 1.47. The molecular formula is C13H9Br2N3. The lowest BCUT2D eigenvalue weighted by atomic mass is 10.2. The third kappa shape index (κ3) is 2.84. The van der Waals surface area contributed by atoms with Crippen molar-refractivity contribution in [2.75, 3.05) is 11.1 Å². The number of halogens is 2. The Balaban J connectivity index is 2.39. The van der Waals surface area contributed by atoms with Crippen molar-refractivity contribution < 1.29 is 0 Å². The summed E-state index contributed by atoms with van der Waals surface area (Å²) in [5.41, 5.74) is 8.64. The van der Waals surface area contributed by atoms with Crippen LogP contribution in [0.1, 0.15) is 5.56 Å². The smallest absolute Gasteiger partial charge is 0.0992 e. The summed E-state index contributed by atoms with van der Waals surface area (Å²) in [6, 6.07) is 13.0. The number of rotatable bonds is 2. The number of nitrogens with one attached hydrogen (secondary N) is 1. The maximum atomic E-state index is 8.88. The van der Waals surface area contributed by atoms with Gasteiger partial charge in [0.1, 0.15) is 0 Å². The molecule has 0 bridgehead atoms. The van der Waals surface area contributed by atoms with Gasteiger partial charge in [-0.15, -0.1) is 0 Å². The van der Waals surface area contributed by atoms with E-state index in [0.717, 1.165) is 14.6 Å². The number of hydrogen-bond donors (Lipinski definition) is 2. The van der Waals surface area contributed by atoms with Crippen LogP contribution in [-0.2, 0) is 0 Å². The highest BCUT2D eigenvalue weighted by Crippen LogP contribution is 2.31. The van der Waals surface area contributed by atoms with E-state index in [1.165, 1.54) is 0 Å². The van der Waals surface area contributed by atoms with Gasteiger partial charge in [0.15, 0.2) is 0 Å². The van der Waals surface area contributed by atoms with Crippen LogP contribution in [-0.4, -0.2) is 0 Å². The molecule has 0 spiro atoms. The molecule has 5 heteroatoms. The van der Waals surface area contributed by atoms with Gasteiger partial charge in [0.2, 0.25) is 0 Å². The van der Waals surface area contributed by atoms with E-state index in [2.05, 4.69) is 43.2 Å². The van der Waals surface area contributed by atoms with Gasteiger partial charge >= 0.3 is 0 Å². The van der Waals surface area contributed by atoms with Crippen molar-refractivity contribution in [3.05, 3.63) is 50.9 Å². The molecule has 0 unspecified atom stereocenters. The Morgan fingerprint density at radius 2 is 1.83 bits per heavy atom. The molecule has 0 aliphatic carbocycles. The van der Waals surface area contributed by atoms with Gasteiger partial charge < -0.3 is 11.1 Å². The summed E-state index contributed by atoms with van der Waals surface area (Å²) >= 11 is 6.87. The molecule has 2 aromatic rings. The molecule has 0 amide bonds. The Morgan fingerprint density at radius 3 is 2.56 bits per heavy atom. The second-order valence-corrected chi connectivity index (χ2v) is 5.43. The van der Waals surface area contributed by atoms with Crippen molar-refractivity contribution in [1.82, 2.24) is 0 Å². The highest BCUT2D eigenvalue weighted by Gasteiger charge is 2.05. The maximum Gasteiger partial charge on any atom is 0.0992 e. The molecular weight excluding hydrogens is 358 g/mol. The summed E-state index contributed by atoms with van der Waals surface area (Å²) in [7, 11) is 0. The Bertz CT molecular complexity index is 633. The Labute approximate surface area is 122 Å². The first-order valence-electron chi connectivity index (χ1n) is 5.12. The standard InChI is InChI=1S/C13H9Br2N3/c14-9-2-3-10(15)12(6-9)18-13-5-8(7-16)1-4-11(13)17/h1-6,18H,17H2. The van der Waals surface area contributed by atoms with Crippen LogP contribution in [0.5, 0.6) is 0 Å². The van der Waals surface area contributed by atoms with Crippen LogP contribution in [0.2, 0.25) is 0 Å². The lowest BCUT2D eigenvalue weighted by Crippen LogP contribution is -1.97. The predicted octanol–water partition coefficient (Wildman–Crippen LogP) is 4.41. The summed E-state index contributed by atoms with van der Waals surface area (Å²) in [5.74, 6) is 0. The second kappa shape index (κ2) is 5.42. The minimum atomic E-state index is 0.567. The maximum absolute atomic E-state index is 8.88.